The molecule has 21 heavy (non-hydrogen) atoms. The number of benzene rings is 2. The molecule has 0 aromatic heterocycles. The van der Waals surface area contributed by atoms with E-state index in [1.165, 1.54) is 24.3 Å². The van der Waals surface area contributed by atoms with Crippen molar-refractivity contribution in [2.45, 2.75) is 11.8 Å². The van der Waals surface area contributed by atoms with Crippen molar-refractivity contribution in [3.63, 3.8) is 0 Å². The lowest BCUT2D eigenvalue weighted by Gasteiger charge is -2.12. The molecule has 4 nitrogen and oxygen atoms in total. The van der Waals surface area contributed by atoms with Gasteiger partial charge in [-0.05, 0) is 58.7 Å². The predicted molar refractivity (Wildman–Crippen MR) is 90.6 cm³/mol. The van der Waals surface area contributed by atoms with Gasteiger partial charge in [0.25, 0.3) is 10.0 Å². The Morgan fingerprint density at radius 2 is 1.81 bits per heavy atom. The normalized spacial score (nSPS) is 11.4. The van der Waals surface area contributed by atoms with Crippen LogP contribution in [0.15, 0.2) is 39.7 Å². The Labute approximate surface area is 141 Å². The molecule has 2 aromatic carbocycles. The summed E-state index contributed by atoms with van der Waals surface area (Å²) in [7, 11) is -3.78. The summed E-state index contributed by atoms with van der Waals surface area (Å²) < 4.78 is 27.7. The summed E-state index contributed by atoms with van der Waals surface area (Å²) in [6, 6.07) is 7.39. The van der Waals surface area contributed by atoms with Crippen LogP contribution in [0.3, 0.4) is 0 Å². The lowest BCUT2D eigenvalue weighted by atomic mass is 10.2. The van der Waals surface area contributed by atoms with Gasteiger partial charge in [0.1, 0.15) is 0 Å². The minimum absolute atomic E-state index is 0.0188. The summed E-state index contributed by atoms with van der Waals surface area (Å²) in [4.78, 5) is 0.0188. The topological polar surface area (TPSA) is 72.2 Å². The summed E-state index contributed by atoms with van der Waals surface area (Å²) in [6.07, 6.45) is 0. The lowest BCUT2D eigenvalue weighted by Crippen LogP contribution is -2.13. The van der Waals surface area contributed by atoms with E-state index in [9.17, 15) is 8.42 Å². The molecule has 0 aliphatic carbocycles. The smallest absolute Gasteiger partial charge is 0.261 e. The van der Waals surface area contributed by atoms with Gasteiger partial charge in [0.2, 0.25) is 0 Å². The number of rotatable bonds is 3. The van der Waals surface area contributed by atoms with E-state index in [1.54, 1.807) is 6.07 Å². The van der Waals surface area contributed by atoms with E-state index < -0.39 is 10.0 Å². The van der Waals surface area contributed by atoms with Crippen LogP contribution in [0.1, 0.15) is 5.56 Å². The highest BCUT2D eigenvalue weighted by Gasteiger charge is 2.17. The Bertz CT molecular complexity index is 810. The standard InChI is InChI=1S/C13H11BrCl2N2O2S/c1-7-4-9(14)13(6-10(7)15)18-21(19,20)8-2-3-12(17)11(16)5-8/h2-6,18H,17H2,1H3. The second kappa shape index (κ2) is 6.04. The zero-order valence-electron chi connectivity index (χ0n) is 10.8. The zero-order valence-corrected chi connectivity index (χ0v) is 14.7. The van der Waals surface area contributed by atoms with Crippen molar-refractivity contribution < 1.29 is 8.42 Å². The van der Waals surface area contributed by atoms with Crippen LogP contribution in [0.25, 0.3) is 0 Å². The molecule has 0 saturated heterocycles. The zero-order chi connectivity index (χ0) is 15.8. The van der Waals surface area contributed by atoms with Gasteiger partial charge < -0.3 is 5.73 Å². The van der Waals surface area contributed by atoms with Gasteiger partial charge in [-0.1, -0.05) is 23.2 Å². The lowest BCUT2D eigenvalue weighted by molar-refractivity contribution is 0.601. The summed E-state index contributed by atoms with van der Waals surface area (Å²) in [6.45, 7) is 1.82. The van der Waals surface area contributed by atoms with Crippen molar-refractivity contribution in [3.05, 3.63) is 50.4 Å². The van der Waals surface area contributed by atoms with Gasteiger partial charge in [0.05, 0.1) is 21.3 Å². The number of nitrogen functional groups attached to an aromatic ring is 1. The van der Waals surface area contributed by atoms with E-state index in [1.807, 2.05) is 6.92 Å². The third-order valence-electron chi connectivity index (χ3n) is 2.77. The highest BCUT2D eigenvalue weighted by molar-refractivity contribution is 9.10. The molecule has 8 heteroatoms. The molecule has 0 spiro atoms. The van der Waals surface area contributed by atoms with E-state index in [4.69, 9.17) is 28.9 Å². The third kappa shape index (κ3) is 3.63. The maximum absolute atomic E-state index is 12.3. The highest BCUT2D eigenvalue weighted by atomic mass is 79.9. The Morgan fingerprint density at radius 1 is 1.14 bits per heavy atom. The maximum Gasteiger partial charge on any atom is 0.261 e. The van der Waals surface area contributed by atoms with Gasteiger partial charge in [-0.2, -0.15) is 0 Å². The first-order valence-electron chi connectivity index (χ1n) is 5.74. The van der Waals surface area contributed by atoms with Gasteiger partial charge in [-0.25, -0.2) is 8.42 Å². The Balaban J connectivity index is 2.42. The molecule has 0 aliphatic rings. The minimum atomic E-state index is -3.78. The van der Waals surface area contributed by atoms with Gasteiger partial charge >= 0.3 is 0 Å². The number of aryl methyl sites for hydroxylation is 1. The van der Waals surface area contributed by atoms with E-state index in [0.717, 1.165) is 5.56 Å². The van der Waals surface area contributed by atoms with Gasteiger partial charge in [-0.15, -0.1) is 0 Å². The molecular weight excluding hydrogens is 399 g/mol. The quantitative estimate of drug-likeness (QED) is 0.735. The second-order valence-electron chi connectivity index (χ2n) is 4.37. The van der Waals surface area contributed by atoms with Crippen LogP contribution in [0.2, 0.25) is 10.0 Å². The fraction of sp³-hybridized carbons (Fsp3) is 0.0769. The first-order chi connectivity index (χ1) is 9.70. The van der Waals surface area contributed by atoms with Crippen LogP contribution in [0.4, 0.5) is 11.4 Å². The SMILES string of the molecule is Cc1cc(Br)c(NS(=O)(=O)c2ccc(N)c(Cl)c2)cc1Cl. The van der Waals surface area contributed by atoms with Crippen LogP contribution in [-0.2, 0) is 10.0 Å². The molecule has 0 atom stereocenters. The van der Waals surface area contributed by atoms with Crippen molar-refractivity contribution in [1.29, 1.82) is 0 Å². The van der Waals surface area contributed by atoms with E-state index in [2.05, 4.69) is 20.7 Å². The first-order valence-corrected chi connectivity index (χ1v) is 8.77. The Morgan fingerprint density at radius 3 is 2.43 bits per heavy atom. The van der Waals surface area contributed by atoms with E-state index in [0.29, 0.717) is 20.9 Å². The predicted octanol–water partition coefficient (Wildman–Crippen LogP) is 4.45. The molecule has 0 aliphatic heterocycles. The van der Waals surface area contributed by atoms with Crippen LogP contribution in [0.5, 0.6) is 0 Å². The number of anilines is 2. The number of nitrogens with two attached hydrogens (primary N) is 1. The number of hydrogen-bond acceptors (Lipinski definition) is 3. The molecule has 0 unspecified atom stereocenters. The second-order valence-corrected chi connectivity index (χ2v) is 7.72. The van der Waals surface area contributed by atoms with Crippen LogP contribution in [0, 0.1) is 6.92 Å². The van der Waals surface area contributed by atoms with Crippen LogP contribution in [-0.4, -0.2) is 8.42 Å². The van der Waals surface area contributed by atoms with Gasteiger partial charge in [0, 0.05) is 9.50 Å². The Kier molecular flexibility index (Phi) is 4.72. The van der Waals surface area contributed by atoms with Crippen LogP contribution >= 0.6 is 39.1 Å². The molecule has 0 saturated carbocycles. The average Bonchev–Trinajstić information content (AvgIpc) is 2.39. The minimum Gasteiger partial charge on any atom is -0.398 e. The van der Waals surface area contributed by atoms with Crippen molar-refractivity contribution in [3.8, 4) is 0 Å². The summed E-state index contributed by atoms with van der Waals surface area (Å²) in [5.74, 6) is 0. The number of sulfonamides is 1. The fourth-order valence-electron chi connectivity index (χ4n) is 1.60. The maximum atomic E-state index is 12.3. The number of nitrogens with one attached hydrogen (secondary N) is 1. The van der Waals surface area contributed by atoms with Gasteiger partial charge in [-0.3, -0.25) is 4.72 Å². The molecule has 0 bridgehead atoms. The van der Waals surface area contributed by atoms with Crippen molar-refractivity contribution >= 4 is 60.5 Å². The molecule has 2 aromatic rings. The average molecular weight is 410 g/mol. The molecule has 112 valence electrons. The molecule has 3 N–H and O–H groups in total. The van der Waals surface area contributed by atoms with Gasteiger partial charge in [0.15, 0.2) is 0 Å². The summed E-state index contributed by atoms with van der Waals surface area (Å²) in [5.41, 5.74) is 7.07. The monoisotopic (exact) mass is 408 g/mol. The first kappa shape index (κ1) is 16.4. The largest absolute Gasteiger partial charge is 0.398 e. The third-order valence-corrected chi connectivity index (χ3v) is 5.53. The van der Waals surface area contributed by atoms with Crippen molar-refractivity contribution in [2.75, 3.05) is 10.5 Å². The molecule has 0 fully saturated rings. The van der Waals surface area contributed by atoms with Crippen molar-refractivity contribution in [1.82, 2.24) is 0 Å². The molecule has 0 amide bonds. The highest BCUT2D eigenvalue weighted by Crippen LogP contribution is 2.31. The summed E-state index contributed by atoms with van der Waals surface area (Å²) >= 11 is 15.2. The number of hydrogen-bond donors (Lipinski definition) is 2. The van der Waals surface area contributed by atoms with Crippen molar-refractivity contribution in [2.24, 2.45) is 0 Å². The van der Waals surface area contributed by atoms with Crippen LogP contribution < -0.4 is 10.5 Å². The Hall–Kier alpha value is -0.950. The molecule has 0 radical (unpaired) electrons. The molecule has 2 rings (SSSR count). The summed E-state index contributed by atoms with van der Waals surface area (Å²) in [5, 5.41) is 0.644. The fourth-order valence-corrected chi connectivity index (χ4v) is 3.80. The van der Waals surface area contributed by atoms with E-state index in [-0.39, 0.29) is 9.92 Å². The molecule has 0 heterocycles. The number of halogens is 3. The molecular formula is C13H11BrCl2N2O2S. The van der Waals surface area contributed by atoms with E-state index >= 15 is 0 Å².